The normalized spacial score (nSPS) is 37.5. The Morgan fingerprint density at radius 3 is 2.43 bits per heavy atom. The van der Waals surface area contributed by atoms with Crippen LogP contribution in [0.15, 0.2) is 0 Å². The Bertz CT molecular complexity index is 388. The van der Waals surface area contributed by atoms with Gasteiger partial charge in [0.25, 0.3) is 0 Å². The highest BCUT2D eigenvalue weighted by Gasteiger charge is 2.60. The van der Waals surface area contributed by atoms with Gasteiger partial charge in [-0.25, -0.2) is 0 Å². The van der Waals surface area contributed by atoms with Crippen LogP contribution in [0.5, 0.6) is 0 Å². The Hall–Kier alpha value is -0.320. The van der Waals surface area contributed by atoms with Crippen LogP contribution in [0.4, 0.5) is 0 Å². The zero-order valence-corrected chi connectivity index (χ0v) is 14.8. The molecule has 0 spiro atoms. The van der Waals surface area contributed by atoms with E-state index < -0.39 is 0 Å². The fourth-order valence-electron chi connectivity index (χ4n) is 4.14. The monoisotopic (exact) mass is 318 g/mol. The smallest absolute Gasteiger partial charge is 0.226 e. The maximum Gasteiger partial charge on any atom is 0.226 e. The third-order valence-corrected chi connectivity index (χ3v) is 6.32. The van der Waals surface area contributed by atoms with E-state index in [0.29, 0.717) is 12.5 Å². The van der Waals surface area contributed by atoms with E-state index in [2.05, 4.69) is 20.8 Å². The van der Waals surface area contributed by atoms with Crippen LogP contribution in [-0.2, 0) is 9.53 Å². The molecular formula is C16H31ClN2O2. The lowest BCUT2D eigenvalue weighted by Gasteiger charge is -2.61. The molecule has 0 radical (unpaired) electrons. The Morgan fingerprint density at radius 2 is 1.95 bits per heavy atom. The summed E-state index contributed by atoms with van der Waals surface area (Å²) in [7, 11) is 3.72. The van der Waals surface area contributed by atoms with Crippen LogP contribution in [0, 0.1) is 17.3 Å². The molecule has 0 aromatic rings. The number of hydrogen-bond donors (Lipinski definition) is 1. The average Bonchev–Trinajstić information content (AvgIpc) is 2.90. The third-order valence-electron chi connectivity index (χ3n) is 6.32. The molecule has 4 atom stereocenters. The van der Waals surface area contributed by atoms with Gasteiger partial charge in [0.2, 0.25) is 5.91 Å². The largest absolute Gasteiger partial charge is 0.378 e. The van der Waals surface area contributed by atoms with Crippen molar-refractivity contribution in [3.8, 4) is 0 Å². The van der Waals surface area contributed by atoms with Crippen molar-refractivity contribution in [1.29, 1.82) is 0 Å². The summed E-state index contributed by atoms with van der Waals surface area (Å²) < 4.78 is 5.66. The fourth-order valence-corrected chi connectivity index (χ4v) is 4.14. The molecule has 0 bridgehead atoms. The molecule has 2 fully saturated rings. The molecule has 0 saturated heterocycles. The van der Waals surface area contributed by atoms with E-state index in [-0.39, 0.29) is 41.3 Å². The molecule has 0 aromatic carbocycles. The molecule has 21 heavy (non-hydrogen) atoms. The minimum absolute atomic E-state index is 0. The Labute approximate surface area is 135 Å². The van der Waals surface area contributed by atoms with Crippen molar-refractivity contribution in [3.05, 3.63) is 0 Å². The number of carbonyl (C=O) groups excluding carboxylic acids is 1. The quantitative estimate of drug-likeness (QED) is 0.866. The first-order valence-electron chi connectivity index (χ1n) is 7.80. The van der Waals surface area contributed by atoms with Gasteiger partial charge in [-0.15, -0.1) is 12.4 Å². The maximum absolute atomic E-state index is 12.8. The molecule has 0 heterocycles. The summed E-state index contributed by atoms with van der Waals surface area (Å²) in [5, 5.41) is 0. The van der Waals surface area contributed by atoms with Crippen LogP contribution in [0.3, 0.4) is 0 Å². The number of amides is 1. The van der Waals surface area contributed by atoms with E-state index in [9.17, 15) is 4.79 Å². The predicted octanol–water partition coefficient (Wildman–Crippen LogP) is 2.45. The molecule has 2 N–H and O–H groups in total. The van der Waals surface area contributed by atoms with E-state index in [1.54, 1.807) is 7.11 Å². The Balaban J connectivity index is 0.00000220. The van der Waals surface area contributed by atoms with Gasteiger partial charge in [0.05, 0.1) is 5.60 Å². The molecule has 2 aliphatic rings. The van der Waals surface area contributed by atoms with Crippen molar-refractivity contribution in [1.82, 2.24) is 4.90 Å². The minimum Gasteiger partial charge on any atom is -0.378 e. The number of nitrogens with two attached hydrogens (primary N) is 1. The third kappa shape index (κ3) is 2.82. The van der Waals surface area contributed by atoms with Crippen LogP contribution >= 0.6 is 12.4 Å². The van der Waals surface area contributed by atoms with Crippen LogP contribution in [0.1, 0.15) is 46.5 Å². The van der Waals surface area contributed by atoms with E-state index in [0.717, 1.165) is 25.7 Å². The summed E-state index contributed by atoms with van der Waals surface area (Å²) in [5.41, 5.74) is 5.67. The topological polar surface area (TPSA) is 55.6 Å². The average molecular weight is 319 g/mol. The number of carbonyl (C=O) groups is 1. The molecule has 0 aliphatic heterocycles. The summed E-state index contributed by atoms with van der Waals surface area (Å²) in [4.78, 5) is 14.7. The number of nitrogens with zero attached hydrogens (tertiary/aromatic N) is 1. The van der Waals surface area contributed by atoms with Crippen LogP contribution in [0.25, 0.3) is 0 Å². The Morgan fingerprint density at radius 1 is 1.33 bits per heavy atom. The number of ether oxygens (including phenoxy) is 1. The van der Waals surface area contributed by atoms with Crippen LogP contribution in [0.2, 0.25) is 0 Å². The molecule has 0 aromatic heterocycles. The highest BCUT2D eigenvalue weighted by Crippen LogP contribution is 2.54. The molecule has 2 saturated carbocycles. The van der Waals surface area contributed by atoms with Crippen molar-refractivity contribution < 1.29 is 9.53 Å². The minimum atomic E-state index is -0.130. The SMILES string of the molecule is COC1(C)CC(N(C)C(=O)[C@@H]2CCC[C@@H]2CN)C1(C)C.Cl. The van der Waals surface area contributed by atoms with Crippen molar-refractivity contribution >= 4 is 18.3 Å². The summed E-state index contributed by atoms with van der Waals surface area (Å²) in [6.07, 6.45) is 4.15. The van der Waals surface area contributed by atoms with Gasteiger partial charge in [-0.3, -0.25) is 4.79 Å². The van der Waals surface area contributed by atoms with Gasteiger partial charge in [-0.1, -0.05) is 20.3 Å². The second kappa shape index (κ2) is 6.43. The van der Waals surface area contributed by atoms with Gasteiger partial charge in [0, 0.05) is 31.5 Å². The second-order valence-corrected chi connectivity index (χ2v) is 7.36. The zero-order chi connectivity index (χ0) is 15.1. The first-order valence-corrected chi connectivity index (χ1v) is 7.80. The molecule has 2 rings (SSSR count). The number of hydrogen-bond acceptors (Lipinski definition) is 3. The molecule has 4 nitrogen and oxygen atoms in total. The van der Waals surface area contributed by atoms with Crippen molar-refractivity contribution in [2.75, 3.05) is 20.7 Å². The summed E-state index contributed by atoms with van der Waals surface area (Å²) >= 11 is 0. The highest BCUT2D eigenvalue weighted by atomic mass is 35.5. The molecule has 1 amide bonds. The van der Waals surface area contributed by atoms with Gasteiger partial charge in [-0.2, -0.15) is 0 Å². The standard InChI is InChI=1S/C16H30N2O2.ClH/c1-15(2)13(9-16(15,3)20-5)18(4)14(19)12-8-6-7-11(12)10-17;/h11-13H,6-10,17H2,1-5H3;1H/t11-,12-,13?,16?;/m1./s1. The summed E-state index contributed by atoms with van der Waals surface area (Å²) in [5.74, 6) is 0.798. The first-order chi connectivity index (χ1) is 9.28. The highest BCUT2D eigenvalue weighted by molar-refractivity contribution is 5.85. The van der Waals surface area contributed by atoms with Crippen LogP contribution in [-0.4, -0.2) is 43.2 Å². The second-order valence-electron chi connectivity index (χ2n) is 7.36. The van der Waals surface area contributed by atoms with Crippen molar-refractivity contribution in [2.45, 2.75) is 58.1 Å². The van der Waals surface area contributed by atoms with Crippen molar-refractivity contribution in [3.63, 3.8) is 0 Å². The lowest BCUT2D eigenvalue weighted by molar-refractivity contribution is -0.208. The lowest BCUT2D eigenvalue weighted by Crippen LogP contribution is -2.69. The molecule has 124 valence electrons. The van der Waals surface area contributed by atoms with Gasteiger partial charge < -0.3 is 15.4 Å². The summed E-state index contributed by atoms with van der Waals surface area (Å²) in [6, 6.07) is 0.263. The fraction of sp³-hybridized carbons (Fsp3) is 0.938. The van der Waals surface area contributed by atoms with Gasteiger partial charge in [0.1, 0.15) is 0 Å². The molecule has 2 unspecified atom stereocenters. The molecular weight excluding hydrogens is 288 g/mol. The Kier molecular flexibility index (Phi) is 5.73. The maximum atomic E-state index is 12.8. The predicted molar refractivity (Wildman–Crippen MR) is 87.5 cm³/mol. The van der Waals surface area contributed by atoms with Gasteiger partial charge in [0.15, 0.2) is 0 Å². The van der Waals surface area contributed by atoms with Crippen LogP contribution < -0.4 is 5.73 Å². The van der Waals surface area contributed by atoms with E-state index in [1.807, 2.05) is 11.9 Å². The molecule has 2 aliphatic carbocycles. The van der Waals surface area contributed by atoms with E-state index >= 15 is 0 Å². The van der Waals surface area contributed by atoms with E-state index in [4.69, 9.17) is 10.5 Å². The van der Waals surface area contributed by atoms with Crippen molar-refractivity contribution in [2.24, 2.45) is 23.0 Å². The first kappa shape index (κ1) is 18.7. The number of halogens is 1. The zero-order valence-electron chi connectivity index (χ0n) is 14.0. The van der Waals surface area contributed by atoms with Gasteiger partial charge >= 0.3 is 0 Å². The molecule has 5 heteroatoms. The van der Waals surface area contributed by atoms with E-state index in [1.165, 1.54) is 0 Å². The van der Waals surface area contributed by atoms with Gasteiger partial charge in [-0.05, 0) is 38.6 Å². The summed E-state index contributed by atoms with van der Waals surface area (Å²) in [6.45, 7) is 7.17. The number of rotatable bonds is 4. The number of methoxy groups -OCH3 is 1. The lowest BCUT2D eigenvalue weighted by atomic mass is 9.55.